The van der Waals surface area contributed by atoms with Gasteiger partial charge in [-0.05, 0) is 43.0 Å². The molecule has 2 aromatic carbocycles. The van der Waals surface area contributed by atoms with Gasteiger partial charge in [0.15, 0.2) is 0 Å². The molecule has 0 saturated carbocycles. The van der Waals surface area contributed by atoms with E-state index in [1.807, 2.05) is 37.3 Å². The van der Waals surface area contributed by atoms with E-state index in [1.165, 1.54) is 6.07 Å². The van der Waals surface area contributed by atoms with Crippen molar-refractivity contribution >= 4 is 23.0 Å². The van der Waals surface area contributed by atoms with E-state index in [-0.39, 0.29) is 12.4 Å². The van der Waals surface area contributed by atoms with Crippen molar-refractivity contribution in [2.45, 2.75) is 46.3 Å². The number of alkyl carbamates (subject to hydrolysis) is 1. The van der Waals surface area contributed by atoms with Crippen LogP contribution in [0.5, 0.6) is 5.75 Å². The molecule has 31 heavy (non-hydrogen) atoms. The van der Waals surface area contributed by atoms with Gasteiger partial charge >= 0.3 is 17.7 Å². The Kier molecular flexibility index (Phi) is 7.07. The second kappa shape index (κ2) is 9.93. The van der Waals surface area contributed by atoms with Crippen LogP contribution in [0.2, 0.25) is 0 Å². The smallest absolute Gasteiger partial charge is 0.408 e. The van der Waals surface area contributed by atoms with Gasteiger partial charge < -0.3 is 19.2 Å². The molecule has 0 spiro atoms. The fourth-order valence-corrected chi connectivity index (χ4v) is 3.23. The maximum absolute atomic E-state index is 12.6. The molecule has 0 fully saturated rings. The number of benzene rings is 2. The number of amides is 1. The first kappa shape index (κ1) is 22.1. The number of ether oxygens (including phenoxy) is 2. The minimum atomic E-state index is -0.882. The average molecular weight is 423 g/mol. The lowest BCUT2D eigenvalue weighted by Crippen LogP contribution is -2.42. The van der Waals surface area contributed by atoms with Crippen LogP contribution in [0.3, 0.4) is 0 Å². The van der Waals surface area contributed by atoms with Crippen LogP contribution in [0.4, 0.5) is 4.79 Å². The largest absolute Gasteiger partial charge is 0.445 e. The van der Waals surface area contributed by atoms with Crippen LogP contribution in [-0.2, 0) is 22.6 Å². The summed E-state index contributed by atoms with van der Waals surface area (Å²) in [6.07, 6.45) is 0.288. The first-order valence-corrected chi connectivity index (χ1v) is 10.2. The van der Waals surface area contributed by atoms with Crippen LogP contribution in [0.25, 0.3) is 11.0 Å². The minimum Gasteiger partial charge on any atom is -0.445 e. The molecular formula is C24H25NO6. The number of rotatable bonds is 7. The number of hydrogen-bond acceptors (Lipinski definition) is 6. The van der Waals surface area contributed by atoms with E-state index in [2.05, 4.69) is 5.32 Å². The second-order valence-electron chi connectivity index (χ2n) is 7.10. The Morgan fingerprint density at radius 3 is 2.52 bits per heavy atom. The molecule has 0 aliphatic carbocycles. The Bertz CT molecular complexity index is 1140. The van der Waals surface area contributed by atoms with Crippen LogP contribution in [0.1, 0.15) is 37.0 Å². The standard InChI is InChI=1S/C24H25NO6/c1-4-17-13-21(26)31-22-15(3)20(12-11-18(17)22)30-23(27)19(5-2)25-24(28)29-14-16-9-7-6-8-10-16/h6-13,19H,4-5,14H2,1-3H3,(H,25,28). The second-order valence-corrected chi connectivity index (χ2v) is 7.10. The molecule has 1 aromatic heterocycles. The van der Waals surface area contributed by atoms with Crippen molar-refractivity contribution in [2.24, 2.45) is 0 Å². The van der Waals surface area contributed by atoms with Gasteiger partial charge in [0.25, 0.3) is 0 Å². The molecule has 1 N–H and O–H groups in total. The first-order chi connectivity index (χ1) is 14.9. The summed E-state index contributed by atoms with van der Waals surface area (Å²) in [5.74, 6) is -0.359. The van der Waals surface area contributed by atoms with E-state index in [1.54, 1.807) is 26.0 Å². The molecule has 3 rings (SSSR count). The number of carbonyl (C=O) groups is 2. The van der Waals surface area contributed by atoms with Crippen LogP contribution in [0, 0.1) is 6.92 Å². The van der Waals surface area contributed by atoms with E-state index in [0.717, 1.165) is 16.5 Å². The van der Waals surface area contributed by atoms with E-state index in [9.17, 15) is 14.4 Å². The molecule has 3 aromatic rings. The highest BCUT2D eigenvalue weighted by Gasteiger charge is 2.23. The summed E-state index contributed by atoms with van der Waals surface area (Å²) >= 11 is 0. The van der Waals surface area contributed by atoms with Crippen LogP contribution in [0.15, 0.2) is 57.7 Å². The molecule has 7 nitrogen and oxygen atoms in total. The van der Waals surface area contributed by atoms with E-state index in [4.69, 9.17) is 13.9 Å². The Morgan fingerprint density at radius 2 is 1.84 bits per heavy atom. The molecule has 0 bridgehead atoms. The highest BCUT2D eigenvalue weighted by Crippen LogP contribution is 2.29. The Labute approximate surface area is 180 Å². The van der Waals surface area contributed by atoms with Crippen molar-refractivity contribution in [1.82, 2.24) is 5.32 Å². The summed E-state index contributed by atoms with van der Waals surface area (Å²) in [7, 11) is 0. The molecule has 0 aliphatic heterocycles. The van der Waals surface area contributed by atoms with Crippen LogP contribution < -0.4 is 15.7 Å². The predicted molar refractivity (Wildman–Crippen MR) is 116 cm³/mol. The molecule has 0 saturated heterocycles. The summed E-state index contributed by atoms with van der Waals surface area (Å²) in [4.78, 5) is 36.6. The van der Waals surface area contributed by atoms with E-state index >= 15 is 0 Å². The summed E-state index contributed by atoms with van der Waals surface area (Å²) in [6.45, 7) is 5.52. The highest BCUT2D eigenvalue weighted by atomic mass is 16.6. The molecule has 162 valence electrons. The van der Waals surface area contributed by atoms with Gasteiger partial charge in [0, 0.05) is 17.0 Å². The van der Waals surface area contributed by atoms with Crippen molar-refractivity contribution in [2.75, 3.05) is 0 Å². The third kappa shape index (κ3) is 5.31. The van der Waals surface area contributed by atoms with Crippen molar-refractivity contribution < 1.29 is 23.5 Å². The van der Waals surface area contributed by atoms with Gasteiger partial charge in [0.05, 0.1) is 0 Å². The van der Waals surface area contributed by atoms with Crippen molar-refractivity contribution in [3.05, 3.63) is 75.6 Å². The average Bonchev–Trinajstić information content (AvgIpc) is 2.78. The highest BCUT2D eigenvalue weighted by molar-refractivity contribution is 5.87. The molecular weight excluding hydrogens is 398 g/mol. The van der Waals surface area contributed by atoms with Crippen molar-refractivity contribution in [3.63, 3.8) is 0 Å². The molecule has 0 aliphatic rings. The first-order valence-electron chi connectivity index (χ1n) is 10.2. The van der Waals surface area contributed by atoms with Crippen LogP contribution >= 0.6 is 0 Å². The number of aryl methyl sites for hydroxylation is 2. The van der Waals surface area contributed by atoms with Crippen LogP contribution in [-0.4, -0.2) is 18.1 Å². The summed E-state index contributed by atoms with van der Waals surface area (Å²) < 4.78 is 16.0. The number of hydrogen-bond donors (Lipinski definition) is 1. The van der Waals surface area contributed by atoms with Crippen molar-refractivity contribution in [1.29, 1.82) is 0 Å². The van der Waals surface area contributed by atoms with Gasteiger partial charge in [0.1, 0.15) is 24.0 Å². The molecule has 7 heteroatoms. The zero-order valence-corrected chi connectivity index (χ0v) is 17.8. The molecule has 1 unspecified atom stereocenters. The summed E-state index contributed by atoms with van der Waals surface area (Å²) in [5, 5.41) is 3.33. The molecule has 1 amide bonds. The lowest BCUT2D eigenvalue weighted by Gasteiger charge is -2.17. The van der Waals surface area contributed by atoms with Gasteiger partial charge in [0.2, 0.25) is 0 Å². The maximum Gasteiger partial charge on any atom is 0.408 e. The van der Waals surface area contributed by atoms with Gasteiger partial charge in [-0.1, -0.05) is 44.2 Å². The van der Waals surface area contributed by atoms with E-state index in [0.29, 0.717) is 24.0 Å². The minimum absolute atomic E-state index is 0.0979. The summed E-state index contributed by atoms with van der Waals surface area (Å²) in [6, 6.07) is 13.2. The Morgan fingerprint density at radius 1 is 1.10 bits per heavy atom. The lowest BCUT2D eigenvalue weighted by molar-refractivity contribution is -0.136. The number of carbonyl (C=O) groups excluding carboxylic acids is 2. The number of fused-ring (bicyclic) bond motifs is 1. The third-order valence-electron chi connectivity index (χ3n) is 4.99. The predicted octanol–water partition coefficient (Wildman–Crippen LogP) is 4.27. The quantitative estimate of drug-likeness (QED) is 0.346. The molecule has 0 radical (unpaired) electrons. The maximum atomic E-state index is 12.6. The summed E-state index contributed by atoms with van der Waals surface area (Å²) in [5.41, 5.74) is 2.18. The third-order valence-corrected chi connectivity index (χ3v) is 4.99. The SMILES string of the molecule is CCc1cc(=O)oc2c(C)c(OC(=O)C(CC)NC(=O)OCc3ccccc3)ccc12. The normalized spacial score (nSPS) is 11.7. The van der Waals surface area contributed by atoms with Crippen molar-refractivity contribution in [3.8, 4) is 5.75 Å². The number of esters is 1. The molecule has 1 heterocycles. The zero-order chi connectivity index (χ0) is 22.4. The van der Waals surface area contributed by atoms with E-state index < -0.39 is 23.7 Å². The fraction of sp³-hybridized carbons (Fsp3) is 0.292. The Balaban J connectivity index is 1.70. The van der Waals surface area contributed by atoms with Gasteiger partial charge in [-0.15, -0.1) is 0 Å². The van der Waals surface area contributed by atoms with Gasteiger partial charge in [-0.2, -0.15) is 0 Å². The van der Waals surface area contributed by atoms with Gasteiger partial charge in [-0.3, -0.25) is 0 Å². The monoisotopic (exact) mass is 423 g/mol. The Hall–Kier alpha value is -3.61. The topological polar surface area (TPSA) is 94.8 Å². The fourth-order valence-electron chi connectivity index (χ4n) is 3.23. The zero-order valence-electron chi connectivity index (χ0n) is 17.8. The van der Waals surface area contributed by atoms with Gasteiger partial charge in [-0.25, -0.2) is 14.4 Å². The lowest BCUT2D eigenvalue weighted by atomic mass is 10.0. The number of nitrogens with one attached hydrogen (secondary N) is 1. The molecule has 1 atom stereocenters.